The summed E-state index contributed by atoms with van der Waals surface area (Å²) >= 11 is 0. The average Bonchev–Trinajstić information content (AvgIpc) is 2.54. The lowest BCUT2D eigenvalue weighted by molar-refractivity contribution is 0.123. The van der Waals surface area contributed by atoms with Crippen LogP contribution in [0.1, 0.15) is 18.9 Å². The molecule has 0 radical (unpaired) electrons. The van der Waals surface area contributed by atoms with Crippen LogP contribution in [0.15, 0.2) is 30.3 Å². The molecule has 4 N–H and O–H groups in total. The molecule has 0 saturated carbocycles. The highest BCUT2D eigenvalue weighted by molar-refractivity contribution is 6.60. The monoisotopic (exact) mass is 350 g/mol. The summed E-state index contributed by atoms with van der Waals surface area (Å²) in [4.78, 5) is 0. The van der Waals surface area contributed by atoms with Gasteiger partial charge in [-0.15, -0.1) is 12.4 Å². The lowest BCUT2D eigenvalue weighted by Crippen LogP contribution is -2.42. The lowest BCUT2D eigenvalue weighted by Gasteiger charge is -2.23. The molecule has 22 heavy (non-hydrogen) atoms. The van der Waals surface area contributed by atoms with E-state index in [-0.39, 0.29) is 18.4 Å². The fourth-order valence-corrected chi connectivity index (χ4v) is 3.59. The minimum absolute atomic E-state index is 0. The van der Waals surface area contributed by atoms with E-state index >= 15 is 0 Å². The highest BCUT2D eigenvalue weighted by Gasteiger charge is 2.36. The zero-order chi connectivity index (χ0) is 16.1. The van der Waals surface area contributed by atoms with Gasteiger partial charge in [-0.25, -0.2) is 0 Å². The van der Waals surface area contributed by atoms with Crippen LogP contribution in [-0.4, -0.2) is 42.7 Å². The molecule has 0 heterocycles. The topological polar surface area (TPSA) is 79.7 Å². The Labute approximate surface area is 142 Å². The van der Waals surface area contributed by atoms with Crippen LogP contribution in [0.25, 0.3) is 0 Å². The van der Waals surface area contributed by atoms with Crippen molar-refractivity contribution in [1.82, 2.24) is 0 Å². The summed E-state index contributed by atoms with van der Waals surface area (Å²) in [7, 11) is 2.68. The van der Waals surface area contributed by atoms with Crippen LogP contribution in [0.5, 0.6) is 0 Å². The van der Waals surface area contributed by atoms with Crippen molar-refractivity contribution in [3.05, 3.63) is 35.9 Å². The Bertz CT molecular complexity index is 346. The number of rotatable bonds is 8. The smallest absolute Gasteiger partial charge is 0.377 e. The maximum absolute atomic E-state index is 5.68. The van der Waals surface area contributed by atoms with E-state index in [1.165, 1.54) is 5.56 Å². The van der Waals surface area contributed by atoms with Crippen LogP contribution < -0.4 is 11.5 Å². The van der Waals surface area contributed by atoms with Crippen LogP contribution in [0.4, 0.5) is 0 Å². The Morgan fingerprint density at radius 2 is 1.55 bits per heavy atom. The molecule has 0 spiro atoms. The van der Waals surface area contributed by atoms with Crippen molar-refractivity contribution in [3.63, 3.8) is 0 Å². The molecule has 0 aliphatic rings. The van der Waals surface area contributed by atoms with E-state index in [2.05, 4.69) is 19.1 Å². The number of benzene rings is 1. The molecular formula is C15H31ClN2O3Si. The summed E-state index contributed by atoms with van der Waals surface area (Å²) in [6.07, 6.45) is 1.90. The Kier molecular flexibility index (Phi) is 15.3. The van der Waals surface area contributed by atoms with Gasteiger partial charge in [-0.2, -0.15) is 0 Å². The summed E-state index contributed by atoms with van der Waals surface area (Å²) in [6.45, 7) is 2.63. The van der Waals surface area contributed by atoms with E-state index in [0.717, 1.165) is 18.9 Å². The maximum atomic E-state index is 5.68. The van der Waals surface area contributed by atoms with Gasteiger partial charge in [0.2, 0.25) is 0 Å². The first-order chi connectivity index (χ1) is 10.1. The van der Waals surface area contributed by atoms with Gasteiger partial charge in [-0.05, 0) is 12.0 Å². The van der Waals surface area contributed by atoms with Gasteiger partial charge >= 0.3 is 8.80 Å². The Morgan fingerprint density at radius 3 is 1.86 bits per heavy atom. The quantitative estimate of drug-likeness (QED) is 0.703. The molecule has 1 aromatic rings. The molecule has 0 aliphatic carbocycles. The molecule has 1 aromatic carbocycles. The molecule has 1 rings (SSSR count). The number of hydrogen-bond donors (Lipinski definition) is 2. The zero-order valence-corrected chi connectivity index (χ0v) is 15.9. The molecule has 1 atom stereocenters. The molecule has 0 aromatic heterocycles. The van der Waals surface area contributed by atoms with Crippen LogP contribution >= 0.6 is 12.4 Å². The normalized spacial score (nSPS) is 11.9. The van der Waals surface area contributed by atoms with Crippen molar-refractivity contribution in [3.8, 4) is 0 Å². The SMILES string of the molecule is CCC[Si](OC)(OC)OC.Cl.NCC(N)Cc1ccccc1. The zero-order valence-electron chi connectivity index (χ0n) is 14.1. The predicted molar refractivity (Wildman–Crippen MR) is 96.3 cm³/mol. The fourth-order valence-electron chi connectivity index (χ4n) is 1.86. The van der Waals surface area contributed by atoms with Crippen molar-refractivity contribution >= 4 is 21.2 Å². The summed E-state index contributed by atoms with van der Waals surface area (Å²) in [5, 5.41) is 0. The fraction of sp³-hybridized carbons (Fsp3) is 0.600. The molecule has 0 amide bonds. The maximum Gasteiger partial charge on any atom is 0.500 e. The Hall–Kier alpha value is -0.473. The Morgan fingerprint density at radius 1 is 1.05 bits per heavy atom. The molecule has 0 saturated heterocycles. The van der Waals surface area contributed by atoms with E-state index in [1.807, 2.05) is 18.2 Å². The van der Waals surface area contributed by atoms with Crippen LogP contribution in [0.3, 0.4) is 0 Å². The summed E-state index contributed by atoms with van der Waals surface area (Å²) < 4.78 is 15.5. The van der Waals surface area contributed by atoms with Gasteiger partial charge < -0.3 is 24.7 Å². The van der Waals surface area contributed by atoms with E-state index < -0.39 is 8.80 Å². The van der Waals surface area contributed by atoms with Crippen molar-refractivity contribution in [1.29, 1.82) is 0 Å². The van der Waals surface area contributed by atoms with Crippen molar-refractivity contribution < 1.29 is 13.3 Å². The minimum atomic E-state index is -2.22. The van der Waals surface area contributed by atoms with E-state index in [9.17, 15) is 0 Å². The van der Waals surface area contributed by atoms with E-state index in [4.69, 9.17) is 24.7 Å². The van der Waals surface area contributed by atoms with Gasteiger partial charge in [0.25, 0.3) is 0 Å². The largest absolute Gasteiger partial charge is 0.500 e. The second kappa shape index (κ2) is 14.1. The van der Waals surface area contributed by atoms with Crippen molar-refractivity contribution in [2.45, 2.75) is 31.9 Å². The predicted octanol–water partition coefficient (Wildman–Crippen LogP) is 2.21. The second-order valence-electron chi connectivity index (χ2n) is 4.73. The van der Waals surface area contributed by atoms with Gasteiger partial charge in [0.15, 0.2) is 0 Å². The Balaban J connectivity index is 0. The third-order valence-electron chi connectivity index (χ3n) is 3.13. The minimum Gasteiger partial charge on any atom is -0.377 e. The van der Waals surface area contributed by atoms with E-state index in [0.29, 0.717) is 6.54 Å². The summed E-state index contributed by atoms with van der Waals surface area (Å²) in [5.41, 5.74) is 12.3. The molecule has 1 unspecified atom stereocenters. The molecule has 130 valence electrons. The third kappa shape index (κ3) is 9.53. The lowest BCUT2D eigenvalue weighted by atomic mass is 10.1. The molecule has 5 nitrogen and oxygen atoms in total. The highest BCUT2D eigenvalue weighted by Crippen LogP contribution is 2.13. The number of halogens is 1. The molecule has 7 heteroatoms. The number of hydrogen-bond acceptors (Lipinski definition) is 5. The third-order valence-corrected chi connectivity index (χ3v) is 6.11. The first-order valence-electron chi connectivity index (χ1n) is 7.22. The standard InChI is InChI=1S/C9H14N2.C6H16O3Si.ClH/c10-7-9(11)6-8-4-2-1-3-5-8;1-5-6-10(7-2,8-3)9-4;/h1-5,9H,6-7,10-11H2;5-6H2,1-4H3;1H. The summed E-state index contributed by atoms with van der Waals surface area (Å²) in [5.74, 6) is 0. The first-order valence-corrected chi connectivity index (χ1v) is 9.15. The van der Waals surface area contributed by atoms with Crippen LogP contribution in [-0.2, 0) is 19.7 Å². The van der Waals surface area contributed by atoms with Crippen LogP contribution in [0.2, 0.25) is 6.04 Å². The highest BCUT2D eigenvalue weighted by atomic mass is 35.5. The molecule has 0 bridgehead atoms. The van der Waals surface area contributed by atoms with Crippen molar-refractivity contribution in [2.24, 2.45) is 11.5 Å². The molecular weight excluding hydrogens is 320 g/mol. The first kappa shape index (κ1) is 23.8. The van der Waals surface area contributed by atoms with Crippen LogP contribution in [0, 0.1) is 0 Å². The average molecular weight is 351 g/mol. The number of nitrogens with two attached hydrogens (primary N) is 2. The van der Waals surface area contributed by atoms with Gasteiger partial charge in [0.1, 0.15) is 0 Å². The van der Waals surface area contributed by atoms with Crippen molar-refractivity contribution in [2.75, 3.05) is 27.9 Å². The van der Waals surface area contributed by atoms with Gasteiger partial charge in [0.05, 0.1) is 0 Å². The van der Waals surface area contributed by atoms with E-state index in [1.54, 1.807) is 21.3 Å². The molecule has 0 fully saturated rings. The molecule has 0 aliphatic heterocycles. The summed E-state index contributed by atoms with van der Waals surface area (Å²) in [6, 6.07) is 11.1. The van der Waals surface area contributed by atoms with Gasteiger partial charge in [-0.1, -0.05) is 43.7 Å². The van der Waals surface area contributed by atoms with Gasteiger partial charge in [0, 0.05) is 40.0 Å². The second-order valence-corrected chi connectivity index (χ2v) is 7.82. The van der Waals surface area contributed by atoms with Gasteiger partial charge in [-0.3, -0.25) is 0 Å².